The molecule has 0 aliphatic rings. The molecule has 7 nitrogen and oxygen atoms in total. The molecule has 3 aromatic heterocycles. The number of hydrogen-bond acceptors (Lipinski definition) is 6. The van der Waals surface area contributed by atoms with E-state index in [1.54, 1.807) is 6.07 Å². The van der Waals surface area contributed by atoms with E-state index in [0.717, 1.165) is 22.7 Å². The highest BCUT2D eigenvalue weighted by molar-refractivity contribution is 7.99. The number of benzene rings is 1. The van der Waals surface area contributed by atoms with Crippen LogP contribution in [0.25, 0.3) is 5.65 Å². The predicted molar refractivity (Wildman–Crippen MR) is 117 cm³/mol. The van der Waals surface area contributed by atoms with Crippen molar-refractivity contribution in [2.75, 3.05) is 11.1 Å². The molecular formula is C22H21N5O2S. The van der Waals surface area contributed by atoms with Crippen LogP contribution in [0.1, 0.15) is 17.1 Å². The number of imidazole rings is 1. The Morgan fingerprint density at radius 2 is 1.90 bits per heavy atom. The highest BCUT2D eigenvalue weighted by atomic mass is 32.2. The van der Waals surface area contributed by atoms with E-state index in [9.17, 15) is 4.79 Å². The molecule has 1 aromatic carbocycles. The fraction of sp³-hybridized carbons (Fsp3) is 0.182. The Bertz CT molecular complexity index is 1140. The van der Waals surface area contributed by atoms with Crippen molar-refractivity contribution in [1.82, 2.24) is 19.4 Å². The summed E-state index contributed by atoms with van der Waals surface area (Å²) in [6, 6.07) is 15.1. The smallest absolute Gasteiger partial charge is 0.234 e. The van der Waals surface area contributed by atoms with Gasteiger partial charge in [-0.3, -0.25) is 4.79 Å². The Kier molecular flexibility index (Phi) is 5.94. The van der Waals surface area contributed by atoms with Crippen LogP contribution in [0.3, 0.4) is 0 Å². The summed E-state index contributed by atoms with van der Waals surface area (Å²) in [6.45, 7) is 4.17. The molecule has 0 fully saturated rings. The van der Waals surface area contributed by atoms with Gasteiger partial charge >= 0.3 is 0 Å². The van der Waals surface area contributed by atoms with E-state index in [1.165, 1.54) is 11.8 Å². The van der Waals surface area contributed by atoms with E-state index in [-0.39, 0.29) is 11.7 Å². The number of amides is 1. The van der Waals surface area contributed by atoms with E-state index in [1.807, 2.05) is 73.1 Å². The van der Waals surface area contributed by atoms with Crippen LogP contribution >= 0.6 is 11.8 Å². The maximum Gasteiger partial charge on any atom is 0.234 e. The molecule has 3 heterocycles. The van der Waals surface area contributed by atoms with Crippen molar-refractivity contribution >= 4 is 29.0 Å². The van der Waals surface area contributed by atoms with Gasteiger partial charge in [-0.2, -0.15) is 0 Å². The molecule has 0 radical (unpaired) electrons. The molecule has 8 heteroatoms. The minimum atomic E-state index is -0.125. The molecule has 4 aromatic rings. The minimum Gasteiger partial charge on any atom is -0.487 e. The lowest BCUT2D eigenvalue weighted by atomic mass is 10.3. The van der Waals surface area contributed by atoms with Gasteiger partial charge in [-0.25, -0.2) is 15.0 Å². The molecule has 30 heavy (non-hydrogen) atoms. The third-order valence-corrected chi connectivity index (χ3v) is 5.06. The first kappa shape index (κ1) is 19.9. The van der Waals surface area contributed by atoms with Crippen LogP contribution in [-0.2, 0) is 11.4 Å². The number of pyridine rings is 1. The number of nitrogens with one attached hydrogen (secondary N) is 1. The molecule has 0 saturated heterocycles. The maximum atomic E-state index is 12.3. The Labute approximate surface area is 178 Å². The summed E-state index contributed by atoms with van der Waals surface area (Å²) in [6.07, 6.45) is 3.89. The molecule has 152 valence electrons. The zero-order valence-electron chi connectivity index (χ0n) is 16.7. The lowest BCUT2D eigenvalue weighted by Gasteiger charge is -2.08. The first-order valence-electron chi connectivity index (χ1n) is 9.45. The number of carbonyl (C=O) groups is 1. The van der Waals surface area contributed by atoms with E-state index in [0.29, 0.717) is 23.2 Å². The fourth-order valence-electron chi connectivity index (χ4n) is 2.96. The van der Waals surface area contributed by atoms with Gasteiger partial charge in [0.25, 0.3) is 0 Å². The Balaban J connectivity index is 1.32. The molecule has 0 bridgehead atoms. The zero-order valence-corrected chi connectivity index (χ0v) is 17.5. The second kappa shape index (κ2) is 8.96. The lowest BCUT2D eigenvalue weighted by Crippen LogP contribution is -2.14. The number of rotatable bonds is 7. The zero-order chi connectivity index (χ0) is 20.9. The topological polar surface area (TPSA) is 81.4 Å². The number of thioether (sulfide) groups is 1. The van der Waals surface area contributed by atoms with Crippen LogP contribution in [0.15, 0.2) is 66.1 Å². The maximum absolute atomic E-state index is 12.3. The average molecular weight is 420 g/mol. The third kappa shape index (κ3) is 5.15. The molecule has 0 saturated carbocycles. The van der Waals surface area contributed by atoms with Gasteiger partial charge in [-0.15, -0.1) is 0 Å². The largest absolute Gasteiger partial charge is 0.487 e. The van der Waals surface area contributed by atoms with E-state index in [4.69, 9.17) is 4.74 Å². The van der Waals surface area contributed by atoms with Crippen molar-refractivity contribution in [3.8, 4) is 5.75 Å². The number of aromatic nitrogens is 4. The Morgan fingerprint density at radius 1 is 1.07 bits per heavy atom. The summed E-state index contributed by atoms with van der Waals surface area (Å²) in [5, 5.41) is 3.49. The molecule has 4 rings (SSSR count). The van der Waals surface area contributed by atoms with Crippen LogP contribution in [-0.4, -0.2) is 31.0 Å². The van der Waals surface area contributed by atoms with Crippen molar-refractivity contribution in [3.05, 3.63) is 78.0 Å². The molecule has 1 amide bonds. The van der Waals surface area contributed by atoms with Crippen molar-refractivity contribution in [2.24, 2.45) is 0 Å². The third-order valence-electron chi connectivity index (χ3n) is 4.21. The highest BCUT2D eigenvalue weighted by Crippen LogP contribution is 2.20. The van der Waals surface area contributed by atoms with Crippen LogP contribution in [0.2, 0.25) is 0 Å². The highest BCUT2D eigenvalue weighted by Gasteiger charge is 2.08. The average Bonchev–Trinajstić information content (AvgIpc) is 3.13. The van der Waals surface area contributed by atoms with Gasteiger partial charge in [-0.1, -0.05) is 23.9 Å². The molecular weight excluding hydrogens is 398 g/mol. The Hall–Kier alpha value is -3.39. The van der Waals surface area contributed by atoms with Gasteiger partial charge < -0.3 is 14.5 Å². The van der Waals surface area contributed by atoms with Crippen molar-refractivity contribution in [2.45, 2.75) is 25.6 Å². The molecule has 0 aliphatic carbocycles. The van der Waals surface area contributed by atoms with E-state index < -0.39 is 0 Å². The summed E-state index contributed by atoms with van der Waals surface area (Å²) >= 11 is 1.31. The van der Waals surface area contributed by atoms with Gasteiger partial charge in [0, 0.05) is 35.5 Å². The number of carbonyl (C=O) groups excluding carboxylic acids is 1. The molecule has 0 atom stereocenters. The standard InChI is InChI=1S/C22H21N5O2S/c1-15-10-16(2)24-22(23-15)30-14-21(28)26-17-6-5-7-19(11-17)29-13-18-12-27-9-4-3-8-20(27)25-18/h3-12H,13-14H2,1-2H3,(H,26,28). The summed E-state index contributed by atoms with van der Waals surface area (Å²) in [5.41, 5.74) is 4.17. The number of fused-ring (bicyclic) bond motifs is 1. The van der Waals surface area contributed by atoms with Crippen LogP contribution < -0.4 is 10.1 Å². The number of hydrogen-bond donors (Lipinski definition) is 1. The second-order valence-electron chi connectivity index (χ2n) is 6.78. The normalized spacial score (nSPS) is 10.9. The number of aryl methyl sites for hydroxylation is 2. The molecule has 0 unspecified atom stereocenters. The Morgan fingerprint density at radius 3 is 2.70 bits per heavy atom. The molecule has 0 spiro atoms. The number of anilines is 1. The van der Waals surface area contributed by atoms with E-state index >= 15 is 0 Å². The quantitative estimate of drug-likeness (QED) is 0.359. The van der Waals surface area contributed by atoms with Gasteiger partial charge in [0.2, 0.25) is 5.91 Å². The van der Waals surface area contributed by atoms with Crippen molar-refractivity contribution in [1.29, 1.82) is 0 Å². The fourth-order valence-corrected chi connectivity index (χ4v) is 3.71. The van der Waals surface area contributed by atoms with Gasteiger partial charge in [-0.05, 0) is 44.2 Å². The van der Waals surface area contributed by atoms with Gasteiger partial charge in [0.15, 0.2) is 5.16 Å². The molecule has 1 N–H and O–H groups in total. The van der Waals surface area contributed by atoms with E-state index in [2.05, 4.69) is 20.3 Å². The monoisotopic (exact) mass is 419 g/mol. The van der Waals surface area contributed by atoms with Crippen LogP contribution in [0.4, 0.5) is 5.69 Å². The predicted octanol–water partition coefficient (Wildman–Crippen LogP) is 4.05. The first-order chi connectivity index (χ1) is 14.5. The number of ether oxygens (including phenoxy) is 1. The van der Waals surface area contributed by atoms with Gasteiger partial charge in [0.05, 0.1) is 11.4 Å². The molecule has 0 aliphatic heterocycles. The summed E-state index contributed by atoms with van der Waals surface area (Å²) in [5.74, 6) is 0.769. The van der Waals surface area contributed by atoms with Gasteiger partial charge in [0.1, 0.15) is 18.0 Å². The number of nitrogens with zero attached hydrogens (tertiary/aromatic N) is 4. The van der Waals surface area contributed by atoms with Crippen LogP contribution in [0, 0.1) is 13.8 Å². The van der Waals surface area contributed by atoms with Crippen molar-refractivity contribution < 1.29 is 9.53 Å². The second-order valence-corrected chi connectivity index (χ2v) is 7.73. The SMILES string of the molecule is Cc1cc(C)nc(SCC(=O)Nc2cccc(OCc3cn4ccccc4n3)c2)n1. The first-order valence-corrected chi connectivity index (χ1v) is 10.4. The summed E-state index contributed by atoms with van der Waals surface area (Å²) in [4.78, 5) is 25.5. The minimum absolute atomic E-state index is 0.125. The summed E-state index contributed by atoms with van der Waals surface area (Å²) in [7, 11) is 0. The lowest BCUT2D eigenvalue weighted by molar-refractivity contribution is -0.113. The summed E-state index contributed by atoms with van der Waals surface area (Å²) < 4.78 is 7.80. The van der Waals surface area contributed by atoms with Crippen molar-refractivity contribution in [3.63, 3.8) is 0 Å². The van der Waals surface area contributed by atoms with Crippen LogP contribution in [0.5, 0.6) is 5.75 Å².